The Morgan fingerprint density at radius 3 is 1.73 bits per heavy atom. The molecule has 1 nitrogen and oxygen atoms in total. The van der Waals surface area contributed by atoms with Crippen molar-refractivity contribution in [2.24, 2.45) is 0 Å². The van der Waals surface area contributed by atoms with Crippen molar-refractivity contribution in [1.29, 1.82) is 0 Å². The zero-order valence-corrected chi connectivity index (χ0v) is 5.58. The van der Waals surface area contributed by atoms with Crippen molar-refractivity contribution in [3.05, 3.63) is 0 Å². The van der Waals surface area contributed by atoms with E-state index >= 15 is 0 Å². The molecule has 0 amide bonds. The highest BCUT2D eigenvalue weighted by atomic mass is 19.3. The zero-order valence-electron chi connectivity index (χ0n) is 5.58. The number of hydrogen-bond acceptors (Lipinski definition) is 0. The third-order valence-corrected chi connectivity index (χ3v) is 1.14. The van der Waals surface area contributed by atoms with Crippen molar-refractivity contribution in [3.8, 4) is 0 Å². The normalized spacial score (nSPS) is 16.6. The van der Waals surface area contributed by atoms with Gasteiger partial charge in [-0.1, -0.05) is 6.92 Å². The predicted octanol–water partition coefficient (Wildman–Crippen LogP) is 2.39. The molecule has 0 N–H and O–H groups in total. The van der Waals surface area contributed by atoms with Crippen LogP contribution in [0.1, 0.15) is 13.3 Å². The Hall–Kier alpha value is -0.390. The molecule has 0 saturated carbocycles. The minimum absolute atomic E-state index is 0.815. The summed E-state index contributed by atoms with van der Waals surface area (Å²) in [6.07, 6.45) is -9.44. The number of halogens is 5. The van der Waals surface area contributed by atoms with Crippen LogP contribution >= 0.6 is 0 Å². The van der Waals surface area contributed by atoms with Crippen LogP contribution in [0, 0.1) is 0 Å². The Kier molecular flexibility index (Phi) is 2.82. The molecule has 0 aliphatic heterocycles. The second-order valence-electron chi connectivity index (χ2n) is 2.02. The van der Waals surface area contributed by atoms with Crippen LogP contribution in [-0.4, -0.2) is 18.2 Å². The molecule has 0 heterocycles. The van der Waals surface area contributed by atoms with Crippen molar-refractivity contribution >= 4 is 0 Å². The van der Waals surface area contributed by atoms with E-state index in [0.29, 0.717) is 0 Å². The minimum Gasteiger partial charge on any atom is -0.240 e. The van der Waals surface area contributed by atoms with Gasteiger partial charge in [-0.2, -0.15) is 22.7 Å². The molecule has 11 heavy (non-hydrogen) atoms. The molecule has 1 atom stereocenters. The van der Waals surface area contributed by atoms with E-state index in [1.54, 1.807) is 0 Å². The highest BCUT2D eigenvalue weighted by Gasteiger charge is 2.62. The van der Waals surface area contributed by atoms with E-state index in [0.717, 1.165) is 6.92 Å². The SMILES string of the molecule is CCC(F)C(F)(F)C([O])(F)F. The van der Waals surface area contributed by atoms with Crippen LogP contribution in [0.15, 0.2) is 0 Å². The fourth-order valence-electron chi connectivity index (χ4n) is 0.439. The fraction of sp³-hybridized carbons (Fsp3) is 1.00. The van der Waals surface area contributed by atoms with Crippen LogP contribution in [0.3, 0.4) is 0 Å². The lowest BCUT2D eigenvalue weighted by Crippen LogP contribution is -2.46. The van der Waals surface area contributed by atoms with Crippen LogP contribution in [0.2, 0.25) is 0 Å². The number of alkyl halides is 5. The van der Waals surface area contributed by atoms with Crippen LogP contribution in [0.4, 0.5) is 22.0 Å². The molecule has 0 aromatic rings. The van der Waals surface area contributed by atoms with Gasteiger partial charge < -0.3 is 0 Å². The summed E-state index contributed by atoms with van der Waals surface area (Å²) in [6, 6.07) is 0. The summed E-state index contributed by atoms with van der Waals surface area (Å²) >= 11 is 0. The first-order valence-electron chi connectivity index (χ1n) is 2.83. The largest absolute Gasteiger partial charge is 0.448 e. The predicted molar refractivity (Wildman–Crippen MR) is 25.8 cm³/mol. The summed E-state index contributed by atoms with van der Waals surface area (Å²) < 4.78 is 58.5. The molecule has 0 bridgehead atoms. The van der Waals surface area contributed by atoms with Gasteiger partial charge in [0.2, 0.25) is 0 Å². The van der Waals surface area contributed by atoms with Crippen LogP contribution in [-0.2, 0) is 5.11 Å². The van der Waals surface area contributed by atoms with E-state index in [2.05, 4.69) is 0 Å². The summed E-state index contributed by atoms with van der Waals surface area (Å²) in [5.74, 6) is -5.11. The highest BCUT2D eigenvalue weighted by molar-refractivity contribution is 4.82. The van der Waals surface area contributed by atoms with Crippen molar-refractivity contribution in [2.45, 2.75) is 31.5 Å². The van der Waals surface area contributed by atoms with Gasteiger partial charge in [0, 0.05) is 0 Å². The van der Waals surface area contributed by atoms with Crippen LogP contribution in [0.5, 0.6) is 0 Å². The lowest BCUT2D eigenvalue weighted by Gasteiger charge is -2.21. The van der Waals surface area contributed by atoms with E-state index in [-0.39, 0.29) is 0 Å². The lowest BCUT2D eigenvalue weighted by atomic mass is 10.1. The second-order valence-corrected chi connectivity index (χ2v) is 2.02. The van der Waals surface area contributed by atoms with Gasteiger partial charge in [0.15, 0.2) is 6.17 Å². The van der Waals surface area contributed by atoms with Gasteiger partial charge in [0.1, 0.15) is 0 Å². The lowest BCUT2D eigenvalue weighted by molar-refractivity contribution is -0.368. The topological polar surface area (TPSA) is 19.9 Å². The van der Waals surface area contributed by atoms with Gasteiger partial charge in [-0.25, -0.2) is 4.39 Å². The summed E-state index contributed by atoms with van der Waals surface area (Å²) in [4.78, 5) is 0. The second kappa shape index (κ2) is 2.92. The van der Waals surface area contributed by atoms with Crippen LogP contribution < -0.4 is 0 Å². The first kappa shape index (κ1) is 10.6. The monoisotopic (exact) mass is 177 g/mol. The van der Waals surface area contributed by atoms with Gasteiger partial charge in [-0.05, 0) is 6.42 Å². The third kappa shape index (κ3) is 2.02. The Labute approximate surface area is 59.8 Å². The smallest absolute Gasteiger partial charge is 0.240 e. The van der Waals surface area contributed by atoms with E-state index < -0.39 is 24.6 Å². The molecule has 1 radical (unpaired) electrons. The summed E-state index contributed by atoms with van der Waals surface area (Å²) in [5.41, 5.74) is 0. The molecule has 67 valence electrons. The van der Waals surface area contributed by atoms with E-state index in [1.165, 1.54) is 0 Å². The maximum atomic E-state index is 12.0. The first-order valence-corrected chi connectivity index (χ1v) is 2.83. The van der Waals surface area contributed by atoms with E-state index in [9.17, 15) is 27.1 Å². The van der Waals surface area contributed by atoms with Gasteiger partial charge in [0.05, 0.1) is 0 Å². The summed E-state index contributed by atoms with van der Waals surface area (Å²) in [6.45, 7) is 0.949. The molecule has 0 fully saturated rings. The molecule has 0 saturated heterocycles. The van der Waals surface area contributed by atoms with Crippen molar-refractivity contribution in [3.63, 3.8) is 0 Å². The Balaban J connectivity index is 4.45. The molecule has 6 heteroatoms. The van der Waals surface area contributed by atoms with Crippen molar-refractivity contribution < 1.29 is 27.1 Å². The van der Waals surface area contributed by atoms with Gasteiger partial charge in [0.25, 0.3) is 0 Å². The van der Waals surface area contributed by atoms with Gasteiger partial charge in [-0.3, -0.25) is 0 Å². The maximum Gasteiger partial charge on any atom is 0.448 e. The van der Waals surface area contributed by atoms with Gasteiger partial charge in [-0.15, -0.1) is 0 Å². The Morgan fingerprint density at radius 2 is 1.64 bits per heavy atom. The summed E-state index contributed by atoms with van der Waals surface area (Å²) in [5, 5.41) is 9.40. The summed E-state index contributed by atoms with van der Waals surface area (Å²) in [7, 11) is 0. The minimum atomic E-state index is -5.54. The average Bonchev–Trinajstić information content (AvgIpc) is 1.83. The third-order valence-electron chi connectivity index (χ3n) is 1.14. The van der Waals surface area contributed by atoms with Crippen LogP contribution in [0.25, 0.3) is 0 Å². The Bertz CT molecular complexity index is 129. The number of rotatable bonds is 3. The molecule has 0 aliphatic rings. The van der Waals surface area contributed by atoms with E-state index in [1.807, 2.05) is 0 Å². The molecular weight excluding hydrogens is 171 g/mol. The van der Waals surface area contributed by atoms with Crippen molar-refractivity contribution in [2.75, 3.05) is 0 Å². The molecule has 0 aliphatic carbocycles. The average molecular weight is 177 g/mol. The quantitative estimate of drug-likeness (QED) is 0.590. The molecule has 0 aromatic heterocycles. The number of hydrogen-bond donors (Lipinski definition) is 0. The first-order chi connectivity index (χ1) is 4.73. The zero-order chi connectivity index (χ0) is 9.28. The molecular formula is C5H6F5O. The molecule has 0 aromatic carbocycles. The molecule has 0 rings (SSSR count). The maximum absolute atomic E-state index is 12.0. The van der Waals surface area contributed by atoms with Gasteiger partial charge >= 0.3 is 12.0 Å². The fourth-order valence-corrected chi connectivity index (χ4v) is 0.439. The highest BCUT2D eigenvalue weighted by Crippen LogP contribution is 2.37. The molecule has 1 unspecified atom stereocenters. The van der Waals surface area contributed by atoms with E-state index in [4.69, 9.17) is 0 Å². The Morgan fingerprint density at radius 1 is 1.27 bits per heavy atom. The van der Waals surface area contributed by atoms with Crippen molar-refractivity contribution in [1.82, 2.24) is 0 Å². The molecule has 0 spiro atoms. The standard InChI is InChI=1S/C5H6F5O/c1-2-3(6)4(7,8)5(9,10)11/h3H,2H2,1H3.